The Kier molecular flexibility index (Phi) is 13.4. The molecule has 58 valence electrons. The van der Waals surface area contributed by atoms with Crippen LogP contribution in [0.3, 0.4) is 0 Å². The molecule has 0 amide bonds. The Morgan fingerprint density at radius 1 is 1.20 bits per heavy atom. The van der Waals surface area contributed by atoms with Crippen LogP contribution < -0.4 is 19.8 Å². The molecule has 0 N–H and O–H groups in total. The van der Waals surface area contributed by atoms with Crippen molar-refractivity contribution in [3.05, 3.63) is 0 Å². The summed E-state index contributed by atoms with van der Waals surface area (Å²) in [6.07, 6.45) is -0.417. The zero-order chi connectivity index (χ0) is 8.08. The fourth-order valence-electron chi connectivity index (χ4n) is 0. The zero-order valence-electron chi connectivity index (χ0n) is 5.57. The van der Waals surface area contributed by atoms with Crippen LogP contribution in [0.1, 0.15) is 13.8 Å². The van der Waals surface area contributed by atoms with Gasteiger partial charge in [0.25, 0.3) is 0 Å². The average Bonchev–Trinajstić information content (AvgIpc) is 1.19. The molecule has 10 heavy (non-hydrogen) atoms. The van der Waals surface area contributed by atoms with Crippen molar-refractivity contribution < 1.29 is 46.1 Å². The molecule has 0 aliphatic heterocycles. The van der Waals surface area contributed by atoms with Gasteiger partial charge in [-0.25, -0.2) is 0 Å². The number of hydrogen-bond acceptors (Lipinski definition) is 5. The first-order valence-corrected chi connectivity index (χ1v) is 3.58. The van der Waals surface area contributed by atoms with Crippen LogP contribution in [0.2, 0.25) is 0 Å². The monoisotopic (exact) mass is 202 g/mol. The molecule has 0 aliphatic rings. The van der Waals surface area contributed by atoms with Crippen molar-refractivity contribution in [1.82, 2.24) is 0 Å². The summed E-state index contributed by atoms with van der Waals surface area (Å²) in [5.41, 5.74) is 0. The van der Waals surface area contributed by atoms with Crippen molar-refractivity contribution in [3.63, 3.8) is 0 Å². The summed E-state index contributed by atoms with van der Waals surface area (Å²) in [7, 11) is -5.39. The normalized spacial score (nSPS) is 9.50. The molecule has 0 atom stereocenters. The minimum atomic E-state index is -5.39. The van der Waals surface area contributed by atoms with Gasteiger partial charge in [-0.2, -0.15) is 7.82 Å². The van der Waals surface area contributed by atoms with Crippen LogP contribution in [0.5, 0.6) is 0 Å². The Hall–Kier alpha value is 0.784. The zero-order valence-corrected chi connectivity index (χ0v) is 8.02. The van der Waals surface area contributed by atoms with Gasteiger partial charge in [0.05, 0.1) is 0 Å². The molecule has 0 saturated heterocycles. The van der Waals surface area contributed by atoms with Gasteiger partial charge < -0.3 is 24.4 Å². The molecule has 0 aromatic rings. The standard InChI is InChI=1S/C3H7O.H3O4P.Ti/c1-3(2)4;1-5(2,3)4;/h3H,1-2H3;(H3,1,2,3,4);/q-1;;+4/p-3. The molecule has 0 rings (SSSR count). The summed E-state index contributed by atoms with van der Waals surface area (Å²) in [6.45, 7) is 3.22. The third-order valence-electron chi connectivity index (χ3n) is 0. The Bertz CT molecular complexity index is 88.0. The van der Waals surface area contributed by atoms with Crippen LogP contribution >= 0.6 is 7.82 Å². The molecular weight excluding hydrogens is 195 g/mol. The van der Waals surface area contributed by atoms with Crippen molar-refractivity contribution in [1.29, 1.82) is 0 Å². The molecule has 0 aliphatic carbocycles. The van der Waals surface area contributed by atoms with Gasteiger partial charge in [0.15, 0.2) is 0 Å². The van der Waals surface area contributed by atoms with Crippen LogP contribution in [-0.2, 0) is 26.3 Å². The molecule has 0 heterocycles. The van der Waals surface area contributed by atoms with E-state index >= 15 is 0 Å². The fourth-order valence-corrected chi connectivity index (χ4v) is 0. The third-order valence-corrected chi connectivity index (χ3v) is 0. The molecule has 0 aromatic heterocycles. The first-order chi connectivity index (χ1) is 3.73. The van der Waals surface area contributed by atoms with Crippen LogP contribution in [0.4, 0.5) is 0 Å². The summed E-state index contributed by atoms with van der Waals surface area (Å²) >= 11 is 0. The van der Waals surface area contributed by atoms with Crippen molar-refractivity contribution >= 4 is 7.82 Å². The van der Waals surface area contributed by atoms with E-state index < -0.39 is 13.9 Å². The van der Waals surface area contributed by atoms with E-state index in [4.69, 9.17) is 19.2 Å². The van der Waals surface area contributed by atoms with E-state index in [1.54, 1.807) is 13.8 Å². The van der Waals surface area contributed by atoms with Crippen LogP contribution in [0.25, 0.3) is 0 Å². The van der Waals surface area contributed by atoms with E-state index in [1.807, 2.05) is 0 Å². The first-order valence-electron chi connectivity index (χ1n) is 2.12. The largest absolute Gasteiger partial charge is 4.00 e. The maximum Gasteiger partial charge on any atom is 4.00 e. The SMILES string of the molecule is CC(C)[O-].O=P([O-])([O-])[O-].[Ti+4]. The second kappa shape index (κ2) is 7.89. The maximum atomic E-state index is 9.53. The van der Waals surface area contributed by atoms with Gasteiger partial charge in [-0.3, -0.25) is 0 Å². The Morgan fingerprint density at radius 2 is 1.20 bits per heavy atom. The van der Waals surface area contributed by atoms with Crippen LogP contribution in [0.15, 0.2) is 0 Å². The second-order valence-corrected chi connectivity index (χ2v) is 2.39. The summed E-state index contributed by atoms with van der Waals surface area (Å²) in [5.74, 6) is 0. The molecule has 0 fully saturated rings. The maximum absolute atomic E-state index is 9.53. The van der Waals surface area contributed by atoms with Gasteiger partial charge >= 0.3 is 21.7 Å². The van der Waals surface area contributed by atoms with Crippen LogP contribution in [0, 0.1) is 0 Å². The summed E-state index contributed by atoms with van der Waals surface area (Å²) in [5, 5.41) is 9.53. The smallest absolute Gasteiger partial charge is 0.852 e. The van der Waals surface area contributed by atoms with Crippen LogP contribution in [-0.4, -0.2) is 6.10 Å². The van der Waals surface area contributed by atoms with Gasteiger partial charge in [-0.1, -0.05) is 13.8 Å². The van der Waals surface area contributed by atoms with Gasteiger partial charge in [0.2, 0.25) is 0 Å². The van der Waals surface area contributed by atoms with E-state index in [-0.39, 0.29) is 21.7 Å². The minimum absolute atomic E-state index is 0. The van der Waals surface area contributed by atoms with E-state index in [0.29, 0.717) is 0 Å². The van der Waals surface area contributed by atoms with Gasteiger partial charge in [0.1, 0.15) is 0 Å². The molecule has 5 nitrogen and oxygen atoms in total. The molecule has 0 bridgehead atoms. The predicted molar refractivity (Wildman–Crippen MR) is 22.7 cm³/mol. The minimum Gasteiger partial charge on any atom is -0.852 e. The van der Waals surface area contributed by atoms with E-state index in [2.05, 4.69) is 0 Å². The number of phosphoric acid groups is 1. The van der Waals surface area contributed by atoms with Crippen molar-refractivity contribution in [3.8, 4) is 0 Å². The molecule has 0 aromatic carbocycles. The van der Waals surface area contributed by atoms with E-state index in [1.165, 1.54) is 0 Å². The predicted octanol–water partition coefficient (Wildman–Crippen LogP) is -3.07. The van der Waals surface area contributed by atoms with Crippen molar-refractivity contribution in [2.45, 2.75) is 20.0 Å². The van der Waals surface area contributed by atoms with Gasteiger partial charge in [-0.05, 0) is 0 Å². The Morgan fingerprint density at radius 3 is 1.20 bits per heavy atom. The first kappa shape index (κ1) is 17.0. The molecule has 7 heteroatoms. The van der Waals surface area contributed by atoms with E-state index in [9.17, 15) is 5.11 Å². The summed E-state index contributed by atoms with van der Waals surface area (Å²) in [4.78, 5) is 25.6. The number of rotatable bonds is 0. The fraction of sp³-hybridized carbons (Fsp3) is 1.00. The topological polar surface area (TPSA) is 109 Å². The number of hydrogen-bond donors (Lipinski definition) is 0. The van der Waals surface area contributed by atoms with Gasteiger partial charge in [-0.15, -0.1) is 6.10 Å². The Balaban J connectivity index is -0.0000000910. The van der Waals surface area contributed by atoms with Crippen molar-refractivity contribution in [2.75, 3.05) is 0 Å². The molecule has 0 radical (unpaired) electrons. The van der Waals surface area contributed by atoms with Crippen molar-refractivity contribution in [2.24, 2.45) is 0 Å². The second-order valence-electron chi connectivity index (χ2n) is 1.50. The molecular formula is C3H7O5PTi. The average molecular weight is 202 g/mol. The summed E-state index contributed by atoms with van der Waals surface area (Å²) in [6, 6.07) is 0. The Labute approximate surface area is 74.2 Å². The van der Waals surface area contributed by atoms with Gasteiger partial charge in [0, 0.05) is 0 Å². The third kappa shape index (κ3) is 865. The summed E-state index contributed by atoms with van der Waals surface area (Å²) < 4.78 is 8.55. The molecule has 0 unspecified atom stereocenters. The molecule has 0 saturated carbocycles. The molecule has 0 spiro atoms. The quantitative estimate of drug-likeness (QED) is 0.305. The van der Waals surface area contributed by atoms with E-state index in [0.717, 1.165) is 0 Å².